The van der Waals surface area contributed by atoms with Gasteiger partial charge in [-0.2, -0.15) is 4.98 Å². The van der Waals surface area contributed by atoms with E-state index in [9.17, 15) is 10.1 Å². The summed E-state index contributed by atoms with van der Waals surface area (Å²) >= 11 is 11.7. The summed E-state index contributed by atoms with van der Waals surface area (Å²) in [6.45, 7) is 3.80. The second-order valence-electron chi connectivity index (χ2n) is 4.51. The van der Waals surface area contributed by atoms with Crippen molar-refractivity contribution in [3.8, 4) is 11.6 Å². The predicted molar refractivity (Wildman–Crippen MR) is 79.3 cm³/mol. The van der Waals surface area contributed by atoms with Gasteiger partial charge in [0.05, 0.1) is 4.92 Å². The van der Waals surface area contributed by atoms with Crippen LogP contribution >= 0.6 is 23.2 Å². The maximum Gasteiger partial charge on any atom is 0.311 e. The lowest BCUT2D eigenvalue weighted by molar-refractivity contribution is -0.385. The SMILES string of the molecule is CC(C)c1nc(Cl)cc(Oc2cc(Cl)ccc2[N+](=O)[O-])n1. The molecule has 0 aliphatic carbocycles. The van der Waals surface area contributed by atoms with Gasteiger partial charge in [-0.05, 0) is 6.07 Å². The molecule has 0 atom stereocenters. The van der Waals surface area contributed by atoms with Crippen LogP contribution in [0.25, 0.3) is 0 Å². The molecule has 0 bridgehead atoms. The molecule has 110 valence electrons. The van der Waals surface area contributed by atoms with Gasteiger partial charge >= 0.3 is 5.69 Å². The van der Waals surface area contributed by atoms with Gasteiger partial charge in [-0.15, -0.1) is 0 Å². The molecule has 0 radical (unpaired) electrons. The topological polar surface area (TPSA) is 78.2 Å². The van der Waals surface area contributed by atoms with E-state index in [0.717, 1.165) is 0 Å². The third-order valence-electron chi connectivity index (χ3n) is 2.54. The molecule has 0 saturated carbocycles. The van der Waals surface area contributed by atoms with Crippen LogP contribution in [-0.4, -0.2) is 14.9 Å². The number of hydrogen-bond donors (Lipinski definition) is 0. The zero-order valence-corrected chi connectivity index (χ0v) is 12.7. The van der Waals surface area contributed by atoms with E-state index >= 15 is 0 Å². The van der Waals surface area contributed by atoms with Gasteiger partial charge in [0.25, 0.3) is 0 Å². The molecule has 2 rings (SSSR count). The van der Waals surface area contributed by atoms with E-state index in [1.807, 2.05) is 13.8 Å². The molecule has 0 fully saturated rings. The molecule has 0 aliphatic heterocycles. The van der Waals surface area contributed by atoms with Crippen molar-refractivity contribution in [2.45, 2.75) is 19.8 Å². The van der Waals surface area contributed by atoms with E-state index in [1.54, 1.807) is 0 Å². The van der Waals surface area contributed by atoms with Crippen molar-refractivity contribution in [2.75, 3.05) is 0 Å². The minimum absolute atomic E-state index is 0.00280. The van der Waals surface area contributed by atoms with Crippen molar-refractivity contribution in [1.29, 1.82) is 0 Å². The van der Waals surface area contributed by atoms with Gasteiger partial charge in [0.1, 0.15) is 11.0 Å². The monoisotopic (exact) mass is 327 g/mol. The number of nitrogens with zero attached hydrogens (tertiary/aromatic N) is 3. The van der Waals surface area contributed by atoms with E-state index in [0.29, 0.717) is 10.8 Å². The van der Waals surface area contributed by atoms with Crippen LogP contribution in [0.4, 0.5) is 5.69 Å². The van der Waals surface area contributed by atoms with Gasteiger partial charge in [0.15, 0.2) is 0 Å². The number of ether oxygens (including phenoxy) is 1. The molecule has 21 heavy (non-hydrogen) atoms. The molecule has 0 N–H and O–H groups in total. The first kappa shape index (κ1) is 15.5. The zero-order chi connectivity index (χ0) is 15.6. The van der Waals surface area contributed by atoms with E-state index in [2.05, 4.69) is 9.97 Å². The number of halogens is 2. The van der Waals surface area contributed by atoms with Crippen molar-refractivity contribution in [1.82, 2.24) is 9.97 Å². The van der Waals surface area contributed by atoms with Gasteiger partial charge in [-0.25, -0.2) is 4.98 Å². The molecule has 0 unspecified atom stereocenters. The highest BCUT2D eigenvalue weighted by atomic mass is 35.5. The summed E-state index contributed by atoms with van der Waals surface area (Å²) in [5.74, 6) is 0.656. The van der Waals surface area contributed by atoms with E-state index in [-0.39, 0.29) is 28.4 Å². The highest BCUT2D eigenvalue weighted by Gasteiger charge is 2.18. The fourth-order valence-electron chi connectivity index (χ4n) is 1.56. The minimum atomic E-state index is -0.558. The Labute approximate surface area is 130 Å². The summed E-state index contributed by atoms with van der Waals surface area (Å²) in [4.78, 5) is 18.7. The number of rotatable bonds is 4. The highest BCUT2D eigenvalue weighted by molar-refractivity contribution is 6.30. The van der Waals surface area contributed by atoms with Gasteiger partial charge < -0.3 is 4.74 Å². The Morgan fingerprint density at radius 1 is 1.24 bits per heavy atom. The van der Waals surface area contributed by atoms with Crippen molar-refractivity contribution < 1.29 is 9.66 Å². The molecule has 1 aromatic heterocycles. The molecule has 0 spiro atoms. The second kappa shape index (κ2) is 6.24. The molecular weight excluding hydrogens is 317 g/mol. The van der Waals surface area contributed by atoms with E-state index in [4.69, 9.17) is 27.9 Å². The first-order valence-corrected chi connectivity index (χ1v) is 6.78. The fraction of sp³-hybridized carbons (Fsp3) is 0.231. The smallest absolute Gasteiger partial charge is 0.311 e. The van der Waals surface area contributed by atoms with Crippen LogP contribution in [0.2, 0.25) is 10.2 Å². The van der Waals surface area contributed by atoms with Crippen molar-refractivity contribution in [3.05, 3.63) is 50.4 Å². The molecule has 0 saturated heterocycles. The average Bonchev–Trinajstić information content (AvgIpc) is 2.37. The molecular formula is C13H11Cl2N3O3. The summed E-state index contributed by atoms with van der Waals surface area (Å²) in [5.41, 5.74) is -0.208. The Morgan fingerprint density at radius 2 is 1.95 bits per heavy atom. The number of nitro groups is 1. The quantitative estimate of drug-likeness (QED) is 0.465. The molecule has 2 aromatic rings. The Kier molecular flexibility index (Phi) is 4.59. The van der Waals surface area contributed by atoms with Gasteiger partial charge in [-0.1, -0.05) is 37.0 Å². The lowest BCUT2D eigenvalue weighted by Gasteiger charge is -2.09. The van der Waals surface area contributed by atoms with E-state index in [1.165, 1.54) is 24.3 Å². The number of aromatic nitrogens is 2. The number of nitro benzene ring substituents is 1. The first-order valence-electron chi connectivity index (χ1n) is 6.03. The Hall–Kier alpha value is -1.92. The van der Waals surface area contributed by atoms with Gasteiger partial charge in [0, 0.05) is 29.1 Å². The average molecular weight is 328 g/mol. The Bertz CT molecular complexity index is 692. The standard InChI is InChI=1S/C13H11Cl2N3O3/c1-7(2)13-16-11(15)6-12(17-13)21-10-5-8(14)3-4-9(10)18(19)20/h3-7H,1-2H3. The summed E-state index contributed by atoms with van der Waals surface area (Å²) in [6, 6.07) is 5.42. The molecule has 1 heterocycles. The van der Waals surface area contributed by atoms with Crippen LogP contribution in [0.5, 0.6) is 11.6 Å². The molecule has 0 amide bonds. The third kappa shape index (κ3) is 3.80. The lowest BCUT2D eigenvalue weighted by atomic mass is 10.2. The fourth-order valence-corrected chi connectivity index (χ4v) is 1.90. The second-order valence-corrected chi connectivity index (χ2v) is 5.34. The first-order chi connectivity index (χ1) is 9.86. The summed E-state index contributed by atoms with van der Waals surface area (Å²) in [5, 5.41) is 11.5. The van der Waals surface area contributed by atoms with Crippen LogP contribution in [0.15, 0.2) is 24.3 Å². The number of benzene rings is 1. The van der Waals surface area contributed by atoms with Gasteiger partial charge in [-0.3, -0.25) is 10.1 Å². The molecule has 8 heteroatoms. The molecule has 0 aliphatic rings. The minimum Gasteiger partial charge on any atom is -0.432 e. The molecule has 6 nitrogen and oxygen atoms in total. The van der Waals surface area contributed by atoms with Crippen molar-refractivity contribution in [3.63, 3.8) is 0 Å². The zero-order valence-electron chi connectivity index (χ0n) is 11.2. The maximum absolute atomic E-state index is 11.0. The molecule has 1 aromatic carbocycles. The van der Waals surface area contributed by atoms with Crippen LogP contribution < -0.4 is 4.74 Å². The Morgan fingerprint density at radius 3 is 2.57 bits per heavy atom. The van der Waals surface area contributed by atoms with Crippen LogP contribution in [-0.2, 0) is 0 Å². The van der Waals surface area contributed by atoms with Crippen molar-refractivity contribution >= 4 is 28.9 Å². The summed E-state index contributed by atoms with van der Waals surface area (Å²) < 4.78 is 5.46. The maximum atomic E-state index is 11.0. The predicted octanol–water partition coefficient (Wildman–Crippen LogP) is 4.61. The van der Waals surface area contributed by atoms with Crippen molar-refractivity contribution in [2.24, 2.45) is 0 Å². The van der Waals surface area contributed by atoms with Crippen LogP contribution in [0.3, 0.4) is 0 Å². The van der Waals surface area contributed by atoms with Gasteiger partial charge in [0.2, 0.25) is 11.6 Å². The number of hydrogen-bond acceptors (Lipinski definition) is 5. The highest BCUT2D eigenvalue weighted by Crippen LogP contribution is 2.33. The summed E-state index contributed by atoms with van der Waals surface area (Å²) in [6.07, 6.45) is 0. The third-order valence-corrected chi connectivity index (χ3v) is 2.97. The Balaban J connectivity index is 2.42. The van der Waals surface area contributed by atoms with Crippen LogP contribution in [0, 0.1) is 10.1 Å². The van der Waals surface area contributed by atoms with E-state index < -0.39 is 4.92 Å². The van der Waals surface area contributed by atoms with Crippen LogP contribution in [0.1, 0.15) is 25.6 Å². The lowest BCUT2D eigenvalue weighted by Crippen LogP contribution is -2.01. The summed E-state index contributed by atoms with van der Waals surface area (Å²) in [7, 11) is 0. The largest absolute Gasteiger partial charge is 0.432 e. The normalized spacial score (nSPS) is 10.7.